The summed E-state index contributed by atoms with van der Waals surface area (Å²) < 4.78 is 15.9. The Hall–Kier alpha value is -3.20. The van der Waals surface area contributed by atoms with Crippen LogP contribution in [0.2, 0.25) is 5.02 Å². The highest BCUT2D eigenvalue weighted by Gasteiger charge is 2.16. The molecule has 27 heavy (non-hydrogen) atoms. The van der Waals surface area contributed by atoms with Crippen molar-refractivity contribution in [2.24, 2.45) is 0 Å². The predicted molar refractivity (Wildman–Crippen MR) is 95.3 cm³/mol. The molecule has 0 saturated heterocycles. The van der Waals surface area contributed by atoms with E-state index in [9.17, 15) is 14.0 Å². The Morgan fingerprint density at radius 1 is 1.26 bits per heavy atom. The summed E-state index contributed by atoms with van der Waals surface area (Å²) in [7, 11) is 0. The Kier molecular flexibility index (Phi) is 5.22. The maximum absolute atomic E-state index is 13.2. The Labute approximate surface area is 158 Å². The second-order valence-electron chi connectivity index (χ2n) is 5.79. The number of carboxylic acid groups (broad SMARTS) is 1. The first-order valence-corrected chi connectivity index (χ1v) is 8.24. The van der Waals surface area contributed by atoms with Gasteiger partial charge in [-0.1, -0.05) is 17.7 Å². The second kappa shape index (κ2) is 7.58. The van der Waals surface area contributed by atoms with E-state index in [-0.39, 0.29) is 10.7 Å². The summed E-state index contributed by atoms with van der Waals surface area (Å²) in [6, 6.07) is 7.18. The van der Waals surface area contributed by atoms with Crippen LogP contribution in [0, 0.1) is 12.7 Å². The SMILES string of the molecule is Cc1cc(NC(=O)c2ccnn2CC(=O)O)nn1Cc1ccc(F)cc1Cl. The van der Waals surface area contributed by atoms with Crippen molar-refractivity contribution in [3.05, 3.63) is 64.3 Å². The average Bonchev–Trinajstić information content (AvgIpc) is 3.16. The van der Waals surface area contributed by atoms with Crippen LogP contribution in [0.3, 0.4) is 0 Å². The lowest BCUT2D eigenvalue weighted by Gasteiger charge is -2.07. The molecule has 0 aliphatic carbocycles. The number of aryl methyl sites for hydroxylation is 1. The van der Waals surface area contributed by atoms with E-state index in [4.69, 9.17) is 16.7 Å². The van der Waals surface area contributed by atoms with Crippen molar-refractivity contribution < 1.29 is 19.1 Å². The number of anilines is 1. The number of nitrogens with zero attached hydrogens (tertiary/aromatic N) is 4. The molecule has 0 atom stereocenters. The summed E-state index contributed by atoms with van der Waals surface area (Å²) in [6.07, 6.45) is 1.35. The summed E-state index contributed by atoms with van der Waals surface area (Å²) in [5.74, 6) is -1.77. The monoisotopic (exact) mass is 391 g/mol. The van der Waals surface area contributed by atoms with Crippen molar-refractivity contribution in [2.75, 3.05) is 5.32 Å². The normalized spacial score (nSPS) is 10.8. The first kappa shape index (κ1) is 18.6. The fourth-order valence-electron chi connectivity index (χ4n) is 2.50. The molecule has 0 unspecified atom stereocenters. The summed E-state index contributed by atoms with van der Waals surface area (Å²) in [4.78, 5) is 23.2. The van der Waals surface area contributed by atoms with Gasteiger partial charge < -0.3 is 10.4 Å². The van der Waals surface area contributed by atoms with Crippen molar-refractivity contribution in [3.63, 3.8) is 0 Å². The maximum atomic E-state index is 13.2. The van der Waals surface area contributed by atoms with Gasteiger partial charge in [-0.25, -0.2) is 9.07 Å². The van der Waals surface area contributed by atoms with Crippen LogP contribution in [0.4, 0.5) is 10.2 Å². The van der Waals surface area contributed by atoms with Gasteiger partial charge in [-0.15, -0.1) is 0 Å². The lowest BCUT2D eigenvalue weighted by Crippen LogP contribution is -2.21. The number of carboxylic acids is 1. The van der Waals surface area contributed by atoms with E-state index in [0.29, 0.717) is 17.9 Å². The molecule has 0 aliphatic heterocycles. The number of aliphatic carboxylic acids is 1. The molecule has 0 saturated carbocycles. The topological polar surface area (TPSA) is 102 Å². The van der Waals surface area contributed by atoms with Crippen LogP contribution in [-0.2, 0) is 17.9 Å². The first-order chi connectivity index (χ1) is 12.8. The molecule has 0 bridgehead atoms. The molecule has 1 amide bonds. The molecule has 1 aromatic carbocycles. The van der Waals surface area contributed by atoms with Gasteiger partial charge in [0.2, 0.25) is 0 Å². The van der Waals surface area contributed by atoms with E-state index in [1.54, 1.807) is 23.7 Å². The first-order valence-electron chi connectivity index (χ1n) is 7.87. The molecular formula is C17H15ClFN5O3. The lowest BCUT2D eigenvalue weighted by atomic mass is 10.2. The molecule has 3 rings (SSSR count). The van der Waals surface area contributed by atoms with Crippen LogP contribution in [0.25, 0.3) is 0 Å². The molecule has 0 fully saturated rings. The Morgan fingerprint density at radius 2 is 2.04 bits per heavy atom. The third kappa shape index (κ3) is 4.32. The minimum atomic E-state index is -1.11. The summed E-state index contributed by atoms with van der Waals surface area (Å²) in [5, 5.41) is 19.9. The number of aromatic nitrogens is 4. The van der Waals surface area contributed by atoms with E-state index in [1.807, 2.05) is 0 Å². The third-order valence-corrected chi connectivity index (χ3v) is 4.14. The molecule has 8 nitrogen and oxygen atoms in total. The van der Waals surface area contributed by atoms with Gasteiger partial charge in [-0.2, -0.15) is 10.2 Å². The Morgan fingerprint density at radius 3 is 2.74 bits per heavy atom. The Balaban J connectivity index is 1.76. The second-order valence-corrected chi connectivity index (χ2v) is 6.19. The van der Waals surface area contributed by atoms with Crippen molar-refractivity contribution >= 4 is 29.3 Å². The number of hydrogen-bond donors (Lipinski definition) is 2. The molecule has 3 aromatic rings. The minimum Gasteiger partial charge on any atom is -0.480 e. The molecule has 140 valence electrons. The highest BCUT2D eigenvalue weighted by Crippen LogP contribution is 2.20. The fraction of sp³-hybridized carbons (Fsp3) is 0.176. The highest BCUT2D eigenvalue weighted by molar-refractivity contribution is 6.31. The largest absolute Gasteiger partial charge is 0.480 e. The predicted octanol–water partition coefficient (Wildman–Crippen LogP) is 2.57. The van der Waals surface area contributed by atoms with Gasteiger partial charge >= 0.3 is 5.97 Å². The number of halogens is 2. The molecule has 0 spiro atoms. The zero-order valence-corrected chi connectivity index (χ0v) is 14.9. The molecule has 2 N–H and O–H groups in total. The molecule has 2 heterocycles. The van der Waals surface area contributed by atoms with Crippen LogP contribution >= 0.6 is 11.6 Å². The van der Waals surface area contributed by atoms with Crippen LogP contribution in [0.5, 0.6) is 0 Å². The lowest BCUT2D eigenvalue weighted by molar-refractivity contribution is -0.137. The van der Waals surface area contributed by atoms with Gasteiger partial charge in [0, 0.05) is 23.0 Å². The van der Waals surface area contributed by atoms with Crippen molar-refractivity contribution in [3.8, 4) is 0 Å². The van der Waals surface area contributed by atoms with Gasteiger partial charge in [-0.05, 0) is 30.7 Å². The molecule has 0 aliphatic rings. The average molecular weight is 392 g/mol. The van der Waals surface area contributed by atoms with Gasteiger partial charge in [-0.3, -0.25) is 14.3 Å². The van der Waals surface area contributed by atoms with E-state index >= 15 is 0 Å². The van der Waals surface area contributed by atoms with Gasteiger partial charge in [0.1, 0.15) is 18.1 Å². The van der Waals surface area contributed by atoms with Gasteiger partial charge in [0.25, 0.3) is 5.91 Å². The highest BCUT2D eigenvalue weighted by atomic mass is 35.5. The van der Waals surface area contributed by atoms with Crippen LogP contribution in [0.1, 0.15) is 21.7 Å². The zero-order chi connectivity index (χ0) is 19.6. The molecular weight excluding hydrogens is 377 g/mol. The van der Waals surface area contributed by atoms with E-state index in [0.717, 1.165) is 10.4 Å². The number of rotatable bonds is 6. The number of hydrogen-bond acceptors (Lipinski definition) is 4. The number of amides is 1. The maximum Gasteiger partial charge on any atom is 0.325 e. The molecule has 10 heteroatoms. The van der Waals surface area contributed by atoms with Gasteiger partial charge in [0.05, 0.1) is 6.54 Å². The fourth-order valence-corrected chi connectivity index (χ4v) is 2.73. The summed E-state index contributed by atoms with van der Waals surface area (Å²) in [6.45, 7) is 1.68. The van der Waals surface area contributed by atoms with Gasteiger partial charge in [0.15, 0.2) is 5.82 Å². The van der Waals surface area contributed by atoms with E-state index < -0.39 is 24.2 Å². The van der Waals surface area contributed by atoms with Crippen molar-refractivity contribution in [1.82, 2.24) is 19.6 Å². The number of nitrogens with one attached hydrogen (secondary N) is 1. The van der Waals surface area contributed by atoms with E-state index in [1.165, 1.54) is 24.4 Å². The van der Waals surface area contributed by atoms with Crippen molar-refractivity contribution in [1.29, 1.82) is 0 Å². The smallest absolute Gasteiger partial charge is 0.325 e. The van der Waals surface area contributed by atoms with E-state index in [2.05, 4.69) is 15.5 Å². The summed E-state index contributed by atoms with van der Waals surface area (Å²) >= 11 is 6.04. The minimum absolute atomic E-state index is 0.103. The Bertz CT molecular complexity index is 1010. The summed E-state index contributed by atoms with van der Waals surface area (Å²) in [5.41, 5.74) is 1.54. The third-order valence-electron chi connectivity index (χ3n) is 3.79. The quantitative estimate of drug-likeness (QED) is 0.672. The standard InChI is InChI=1S/C17H15ClFN5O3/c1-10-6-15(21-17(27)14-4-5-20-24(14)9-16(25)26)22-23(10)8-11-2-3-12(19)7-13(11)18/h2-7H,8-9H2,1H3,(H,25,26)(H,21,22,27). The molecule has 2 aromatic heterocycles. The molecule has 0 radical (unpaired) electrons. The van der Waals surface area contributed by atoms with Crippen LogP contribution in [0.15, 0.2) is 36.5 Å². The van der Waals surface area contributed by atoms with Crippen molar-refractivity contribution in [2.45, 2.75) is 20.0 Å². The zero-order valence-electron chi connectivity index (χ0n) is 14.2. The number of carbonyl (C=O) groups is 2. The number of carbonyl (C=O) groups excluding carboxylic acids is 1. The number of benzene rings is 1. The van der Waals surface area contributed by atoms with Crippen LogP contribution in [-0.4, -0.2) is 36.5 Å². The van der Waals surface area contributed by atoms with Crippen LogP contribution < -0.4 is 5.32 Å².